The molecule has 1 aromatic carbocycles. The van der Waals surface area contributed by atoms with Crippen LogP contribution in [0.25, 0.3) is 11.3 Å². The monoisotopic (exact) mass is 258 g/mol. The number of nitrogens with zero attached hydrogens (tertiary/aromatic N) is 2. The van der Waals surface area contributed by atoms with E-state index in [0.717, 1.165) is 16.8 Å². The predicted octanol–water partition coefficient (Wildman–Crippen LogP) is 2.04. The summed E-state index contributed by atoms with van der Waals surface area (Å²) in [6, 6.07) is 7.77. The van der Waals surface area contributed by atoms with Crippen LogP contribution < -0.4 is 5.56 Å². The molecule has 1 N–H and O–H groups in total. The van der Waals surface area contributed by atoms with Crippen molar-refractivity contribution in [2.45, 2.75) is 33.9 Å². The zero-order chi connectivity index (χ0) is 14.0. The Hall–Kier alpha value is -1.94. The maximum atomic E-state index is 11.9. The molecule has 2 aromatic rings. The lowest BCUT2D eigenvalue weighted by atomic mass is 10.0. The van der Waals surface area contributed by atoms with Crippen molar-refractivity contribution in [3.8, 4) is 11.3 Å². The summed E-state index contributed by atoms with van der Waals surface area (Å²) in [5, 5.41) is 13.6. The molecular formula is C15H18N2O2. The van der Waals surface area contributed by atoms with Gasteiger partial charge in [0.05, 0.1) is 12.3 Å². The van der Waals surface area contributed by atoms with Crippen LogP contribution in [0, 0.1) is 13.8 Å². The van der Waals surface area contributed by atoms with E-state index in [9.17, 15) is 9.90 Å². The summed E-state index contributed by atoms with van der Waals surface area (Å²) in [7, 11) is 0. The summed E-state index contributed by atoms with van der Waals surface area (Å²) in [6.45, 7) is 6.14. The van der Waals surface area contributed by atoms with Crippen LogP contribution in [0.1, 0.15) is 23.6 Å². The molecule has 0 aliphatic heterocycles. The van der Waals surface area contributed by atoms with E-state index in [4.69, 9.17) is 0 Å². The molecule has 0 amide bonds. The van der Waals surface area contributed by atoms with Gasteiger partial charge in [-0.3, -0.25) is 4.79 Å². The van der Waals surface area contributed by atoms with Gasteiger partial charge >= 0.3 is 0 Å². The fourth-order valence-corrected chi connectivity index (χ4v) is 2.16. The highest BCUT2D eigenvalue weighted by Gasteiger charge is 2.10. The number of aryl methyl sites for hydroxylation is 3. The minimum atomic E-state index is -0.265. The van der Waals surface area contributed by atoms with E-state index in [1.807, 2.05) is 32.9 Å². The Bertz CT molecular complexity index is 631. The second-order valence-electron chi connectivity index (χ2n) is 4.65. The van der Waals surface area contributed by atoms with E-state index in [1.54, 1.807) is 6.07 Å². The molecule has 0 unspecified atom stereocenters. The molecule has 4 nitrogen and oxygen atoms in total. The molecular weight excluding hydrogens is 240 g/mol. The van der Waals surface area contributed by atoms with Crippen molar-refractivity contribution < 1.29 is 5.11 Å². The summed E-state index contributed by atoms with van der Waals surface area (Å²) in [5.74, 6) is 0. The van der Waals surface area contributed by atoms with Crippen LogP contribution in [0.3, 0.4) is 0 Å². The number of hydrogen-bond acceptors (Lipinski definition) is 3. The van der Waals surface area contributed by atoms with E-state index in [0.29, 0.717) is 12.1 Å². The summed E-state index contributed by atoms with van der Waals surface area (Å²) in [4.78, 5) is 11.9. The molecule has 0 bridgehead atoms. The fourth-order valence-electron chi connectivity index (χ4n) is 2.16. The van der Waals surface area contributed by atoms with Gasteiger partial charge in [0.15, 0.2) is 0 Å². The van der Waals surface area contributed by atoms with Crippen LogP contribution in [0.4, 0.5) is 0 Å². The molecule has 19 heavy (non-hydrogen) atoms. The topological polar surface area (TPSA) is 55.1 Å². The van der Waals surface area contributed by atoms with Crippen molar-refractivity contribution in [3.05, 3.63) is 51.3 Å². The zero-order valence-electron chi connectivity index (χ0n) is 11.5. The van der Waals surface area contributed by atoms with Gasteiger partial charge in [0.2, 0.25) is 0 Å². The average molecular weight is 258 g/mol. The van der Waals surface area contributed by atoms with E-state index in [2.05, 4.69) is 11.2 Å². The Kier molecular flexibility index (Phi) is 3.81. The summed E-state index contributed by atoms with van der Waals surface area (Å²) in [6.07, 6.45) is 0. The summed E-state index contributed by atoms with van der Waals surface area (Å²) < 4.78 is 1.39. The van der Waals surface area contributed by atoms with Crippen LogP contribution >= 0.6 is 0 Å². The van der Waals surface area contributed by atoms with E-state index in [1.165, 1.54) is 10.2 Å². The van der Waals surface area contributed by atoms with Crippen molar-refractivity contribution in [1.29, 1.82) is 0 Å². The van der Waals surface area contributed by atoms with Gasteiger partial charge in [-0.1, -0.05) is 23.8 Å². The molecule has 0 saturated carbocycles. The third-order valence-corrected chi connectivity index (χ3v) is 3.18. The highest BCUT2D eigenvalue weighted by Crippen LogP contribution is 2.22. The first-order chi connectivity index (χ1) is 9.06. The highest BCUT2D eigenvalue weighted by molar-refractivity contribution is 5.64. The maximum absolute atomic E-state index is 11.9. The van der Waals surface area contributed by atoms with Crippen molar-refractivity contribution in [3.63, 3.8) is 0 Å². The number of rotatable bonds is 3. The van der Waals surface area contributed by atoms with Gasteiger partial charge in [0.25, 0.3) is 5.56 Å². The number of hydrogen-bond donors (Lipinski definition) is 1. The minimum Gasteiger partial charge on any atom is -0.391 e. The fraction of sp³-hybridized carbons (Fsp3) is 0.333. The Morgan fingerprint density at radius 2 is 2.00 bits per heavy atom. The molecule has 2 rings (SSSR count). The first kappa shape index (κ1) is 13.5. The van der Waals surface area contributed by atoms with Gasteiger partial charge < -0.3 is 5.11 Å². The van der Waals surface area contributed by atoms with Gasteiger partial charge in [0, 0.05) is 17.7 Å². The van der Waals surface area contributed by atoms with Crippen LogP contribution in [0.2, 0.25) is 0 Å². The Balaban J connectivity index is 2.65. The quantitative estimate of drug-likeness (QED) is 0.916. The smallest absolute Gasteiger partial charge is 0.272 e. The second-order valence-corrected chi connectivity index (χ2v) is 4.65. The molecule has 0 saturated heterocycles. The third-order valence-electron chi connectivity index (χ3n) is 3.18. The van der Waals surface area contributed by atoms with Crippen molar-refractivity contribution in [1.82, 2.24) is 9.78 Å². The summed E-state index contributed by atoms with van der Waals surface area (Å²) >= 11 is 0. The standard InChI is InChI=1S/C15H18N2O2/c1-4-17-15(19)12(9-18)8-14(16-17)13-6-5-10(2)7-11(13)3/h5-8,18H,4,9H2,1-3H3. The lowest BCUT2D eigenvalue weighted by Gasteiger charge is -2.10. The lowest BCUT2D eigenvalue weighted by Crippen LogP contribution is -2.26. The van der Waals surface area contributed by atoms with Crippen LogP contribution in [0.5, 0.6) is 0 Å². The van der Waals surface area contributed by atoms with Gasteiger partial charge in [0.1, 0.15) is 0 Å². The van der Waals surface area contributed by atoms with Crippen molar-refractivity contribution >= 4 is 0 Å². The van der Waals surface area contributed by atoms with Crippen molar-refractivity contribution in [2.24, 2.45) is 0 Å². The minimum absolute atomic E-state index is 0.224. The van der Waals surface area contributed by atoms with Gasteiger partial charge in [-0.2, -0.15) is 5.10 Å². The van der Waals surface area contributed by atoms with E-state index < -0.39 is 0 Å². The first-order valence-electron chi connectivity index (χ1n) is 6.36. The van der Waals surface area contributed by atoms with Crippen molar-refractivity contribution in [2.75, 3.05) is 0 Å². The number of aliphatic hydroxyl groups excluding tert-OH is 1. The maximum Gasteiger partial charge on any atom is 0.272 e. The summed E-state index contributed by atoms with van der Waals surface area (Å²) in [5.41, 5.74) is 4.17. The zero-order valence-corrected chi connectivity index (χ0v) is 11.5. The Morgan fingerprint density at radius 3 is 2.58 bits per heavy atom. The molecule has 0 fully saturated rings. The molecule has 0 atom stereocenters. The molecule has 0 radical (unpaired) electrons. The first-order valence-corrected chi connectivity index (χ1v) is 6.36. The SMILES string of the molecule is CCn1nc(-c2ccc(C)cc2C)cc(CO)c1=O. The Morgan fingerprint density at radius 1 is 1.26 bits per heavy atom. The van der Waals surface area contributed by atoms with E-state index in [-0.39, 0.29) is 12.2 Å². The molecule has 100 valence electrons. The number of aromatic nitrogens is 2. The van der Waals surface area contributed by atoms with Gasteiger partial charge in [-0.25, -0.2) is 4.68 Å². The second kappa shape index (κ2) is 5.36. The van der Waals surface area contributed by atoms with Gasteiger partial charge in [-0.05, 0) is 32.4 Å². The average Bonchev–Trinajstić information content (AvgIpc) is 2.39. The molecule has 1 heterocycles. The van der Waals surface area contributed by atoms with Crippen LogP contribution in [0.15, 0.2) is 29.1 Å². The molecule has 0 aliphatic carbocycles. The Labute approximate surface area is 112 Å². The molecule has 0 spiro atoms. The molecule has 1 aromatic heterocycles. The predicted molar refractivity (Wildman–Crippen MR) is 75.0 cm³/mol. The van der Waals surface area contributed by atoms with Crippen LogP contribution in [-0.2, 0) is 13.2 Å². The molecule has 4 heteroatoms. The molecule has 0 aliphatic rings. The van der Waals surface area contributed by atoms with Gasteiger partial charge in [-0.15, -0.1) is 0 Å². The van der Waals surface area contributed by atoms with Crippen LogP contribution in [-0.4, -0.2) is 14.9 Å². The number of benzene rings is 1. The highest BCUT2D eigenvalue weighted by atomic mass is 16.3. The largest absolute Gasteiger partial charge is 0.391 e. The normalized spacial score (nSPS) is 10.7. The number of aliphatic hydroxyl groups is 1. The third kappa shape index (κ3) is 2.58. The van der Waals surface area contributed by atoms with E-state index >= 15 is 0 Å². The lowest BCUT2D eigenvalue weighted by molar-refractivity contribution is 0.278.